The lowest BCUT2D eigenvalue weighted by atomic mass is 9.97. The number of hydrogen-bond donors (Lipinski definition) is 2. The SMILES string of the molecule is CN=C(NCCCc1nn(-c2ccc(F)cc2)c(N)c1C#N)N1CCC(C(=O)OC)CC1. The van der Waals surface area contributed by atoms with Crippen molar-refractivity contribution in [2.24, 2.45) is 10.9 Å². The number of hydrogen-bond acceptors (Lipinski definition) is 6. The van der Waals surface area contributed by atoms with Gasteiger partial charge in [-0.3, -0.25) is 9.79 Å². The quantitative estimate of drug-likeness (QED) is 0.304. The highest BCUT2D eigenvalue weighted by molar-refractivity contribution is 5.80. The normalized spacial score (nSPS) is 14.8. The van der Waals surface area contributed by atoms with E-state index in [1.165, 1.54) is 23.9 Å². The van der Waals surface area contributed by atoms with Gasteiger partial charge in [-0.1, -0.05) is 0 Å². The maximum atomic E-state index is 13.2. The predicted molar refractivity (Wildman–Crippen MR) is 119 cm³/mol. The van der Waals surface area contributed by atoms with Crippen LogP contribution in [0.25, 0.3) is 5.69 Å². The number of piperidine rings is 1. The number of carbonyl (C=O) groups excluding carboxylic acids is 1. The van der Waals surface area contributed by atoms with Crippen LogP contribution in [0.3, 0.4) is 0 Å². The molecule has 0 aliphatic carbocycles. The smallest absolute Gasteiger partial charge is 0.308 e. The van der Waals surface area contributed by atoms with Crippen molar-refractivity contribution in [3.8, 4) is 11.8 Å². The van der Waals surface area contributed by atoms with Crippen molar-refractivity contribution in [1.29, 1.82) is 5.26 Å². The molecule has 0 unspecified atom stereocenters. The first-order valence-electron chi connectivity index (χ1n) is 10.5. The molecular weight excluding hydrogens is 413 g/mol. The number of ether oxygens (including phenoxy) is 1. The Balaban J connectivity index is 1.55. The summed E-state index contributed by atoms with van der Waals surface area (Å²) >= 11 is 0. The van der Waals surface area contributed by atoms with Gasteiger partial charge in [-0.25, -0.2) is 9.07 Å². The second-order valence-corrected chi connectivity index (χ2v) is 7.57. The van der Waals surface area contributed by atoms with E-state index in [0.717, 1.165) is 31.9 Å². The molecule has 3 rings (SSSR count). The summed E-state index contributed by atoms with van der Waals surface area (Å²) in [7, 11) is 3.15. The molecule has 9 nitrogen and oxygen atoms in total. The second kappa shape index (κ2) is 10.6. The number of nitrogens with one attached hydrogen (secondary N) is 1. The highest BCUT2D eigenvalue weighted by Gasteiger charge is 2.27. The highest BCUT2D eigenvalue weighted by atomic mass is 19.1. The minimum atomic E-state index is -0.353. The maximum absolute atomic E-state index is 13.2. The third-order valence-corrected chi connectivity index (χ3v) is 5.59. The van der Waals surface area contributed by atoms with Crippen LogP contribution in [0.5, 0.6) is 0 Å². The van der Waals surface area contributed by atoms with E-state index in [4.69, 9.17) is 10.5 Å². The molecule has 0 atom stereocenters. The number of nitrogen functional groups attached to an aromatic ring is 1. The monoisotopic (exact) mass is 441 g/mol. The number of anilines is 1. The molecule has 0 bridgehead atoms. The Morgan fingerprint density at radius 2 is 2.06 bits per heavy atom. The van der Waals surface area contributed by atoms with E-state index in [9.17, 15) is 14.4 Å². The maximum Gasteiger partial charge on any atom is 0.308 e. The summed E-state index contributed by atoms with van der Waals surface area (Å²) in [5.74, 6) is 0.464. The number of likely N-dealkylation sites (tertiary alicyclic amines) is 1. The van der Waals surface area contributed by atoms with Gasteiger partial charge in [-0.15, -0.1) is 0 Å². The molecular formula is C22H28FN7O2. The molecule has 0 spiro atoms. The number of benzene rings is 1. The first kappa shape index (κ1) is 23.1. The van der Waals surface area contributed by atoms with Crippen LogP contribution in [-0.4, -0.2) is 60.4 Å². The molecule has 0 saturated carbocycles. The molecule has 1 fully saturated rings. The Morgan fingerprint density at radius 1 is 1.38 bits per heavy atom. The van der Waals surface area contributed by atoms with Crippen LogP contribution in [0.2, 0.25) is 0 Å². The van der Waals surface area contributed by atoms with Gasteiger partial charge in [0.2, 0.25) is 0 Å². The van der Waals surface area contributed by atoms with Crippen molar-refractivity contribution in [2.75, 3.05) is 39.5 Å². The topological polar surface area (TPSA) is 122 Å². The van der Waals surface area contributed by atoms with Gasteiger partial charge in [0.25, 0.3) is 0 Å². The molecule has 1 aromatic carbocycles. The van der Waals surface area contributed by atoms with Crippen LogP contribution in [0.15, 0.2) is 29.3 Å². The first-order chi connectivity index (χ1) is 15.5. The predicted octanol–water partition coefficient (Wildman–Crippen LogP) is 1.86. The summed E-state index contributed by atoms with van der Waals surface area (Å²) in [6, 6.07) is 7.91. The molecule has 3 N–H and O–H groups in total. The Kier molecular flexibility index (Phi) is 7.65. The number of rotatable bonds is 6. The molecule has 1 aliphatic rings. The summed E-state index contributed by atoms with van der Waals surface area (Å²) in [5, 5.41) is 17.3. The third-order valence-electron chi connectivity index (χ3n) is 5.59. The third kappa shape index (κ3) is 5.17. The highest BCUT2D eigenvalue weighted by Crippen LogP contribution is 2.22. The van der Waals surface area contributed by atoms with Gasteiger partial charge in [0.05, 0.1) is 24.4 Å². The van der Waals surface area contributed by atoms with Crippen molar-refractivity contribution in [2.45, 2.75) is 25.7 Å². The van der Waals surface area contributed by atoms with E-state index >= 15 is 0 Å². The molecule has 170 valence electrons. The van der Waals surface area contributed by atoms with Gasteiger partial charge < -0.3 is 20.7 Å². The minimum Gasteiger partial charge on any atom is -0.469 e. The lowest BCUT2D eigenvalue weighted by Crippen LogP contribution is -2.46. The first-order valence-corrected chi connectivity index (χ1v) is 10.5. The number of nitriles is 1. The Bertz CT molecular complexity index is 1000. The van der Waals surface area contributed by atoms with Crippen molar-refractivity contribution in [3.63, 3.8) is 0 Å². The van der Waals surface area contributed by atoms with E-state index in [1.807, 2.05) is 0 Å². The zero-order valence-electron chi connectivity index (χ0n) is 18.3. The molecule has 0 radical (unpaired) electrons. The zero-order chi connectivity index (χ0) is 23.1. The summed E-state index contributed by atoms with van der Waals surface area (Å²) in [6.45, 7) is 2.10. The number of guanidine groups is 1. The van der Waals surface area contributed by atoms with Gasteiger partial charge in [0.1, 0.15) is 23.3 Å². The number of halogens is 1. The van der Waals surface area contributed by atoms with Crippen molar-refractivity contribution in [1.82, 2.24) is 20.0 Å². The van der Waals surface area contributed by atoms with Gasteiger partial charge >= 0.3 is 5.97 Å². The van der Waals surface area contributed by atoms with Crippen LogP contribution in [0.4, 0.5) is 10.2 Å². The van der Waals surface area contributed by atoms with E-state index in [0.29, 0.717) is 36.3 Å². The fraction of sp³-hybridized carbons (Fsp3) is 0.455. The van der Waals surface area contributed by atoms with Crippen molar-refractivity contribution < 1.29 is 13.9 Å². The Morgan fingerprint density at radius 3 is 2.66 bits per heavy atom. The minimum absolute atomic E-state index is 0.0552. The number of carbonyl (C=O) groups is 1. The fourth-order valence-corrected chi connectivity index (χ4v) is 3.84. The van der Waals surface area contributed by atoms with Crippen molar-refractivity contribution >= 4 is 17.7 Å². The lowest BCUT2D eigenvalue weighted by molar-refractivity contribution is -0.146. The van der Waals surface area contributed by atoms with Gasteiger partial charge in [-0.2, -0.15) is 10.4 Å². The van der Waals surface area contributed by atoms with Crippen molar-refractivity contribution in [3.05, 3.63) is 41.3 Å². The summed E-state index contributed by atoms with van der Waals surface area (Å²) in [6.07, 6.45) is 2.74. The number of aliphatic imine (C=N–C) groups is 1. The van der Waals surface area contributed by atoms with Gasteiger partial charge in [0, 0.05) is 26.7 Å². The number of methoxy groups -OCH3 is 1. The molecule has 32 heavy (non-hydrogen) atoms. The number of esters is 1. The van der Waals surface area contributed by atoms with Gasteiger partial charge in [-0.05, 0) is 49.9 Å². The molecule has 1 aromatic heterocycles. The summed E-state index contributed by atoms with van der Waals surface area (Å²) in [4.78, 5) is 18.2. The average molecular weight is 442 g/mol. The number of nitrogens with zero attached hydrogens (tertiary/aromatic N) is 5. The number of aromatic nitrogens is 2. The van der Waals surface area contributed by atoms with Crippen LogP contribution in [0.1, 0.15) is 30.5 Å². The fourth-order valence-electron chi connectivity index (χ4n) is 3.84. The second-order valence-electron chi connectivity index (χ2n) is 7.57. The zero-order valence-corrected chi connectivity index (χ0v) is 18.3. The van der Waals surface area contributed by atoms with Crippen LogP contribution < -0.4 is 11.1 Å². The average Bonchev–Trinajstić information content (AvgIpc) is 3.14. The summed E-state index contributed by atoms with van der Waals surface area (Å²) < 4.78 is 19.5. The van der Waals surface area contributed by atoms with E-state index < -0.39 is 0 Å². The lowest BCUT2D eigenvalue weighted by Gasteiger charge is -2.33. The standard InChI is InChI=1S/C22H28FN7O2/c1-26-22(29-12-9-15(10-13-29)21(31)32-2)27-11-3-4-19-18(14-24)20(25)30(28-19)17-7-5-16(23)6-8-17/h5-8,15H,3-4,9-13,25H2,1-2H3,(H,26,27). The molecule has 1 aliphatic heterocycles. The Hall–Kier alpha value is -3.61. The van der Waals surface area contributed by atoms with E-state index in [2.05, 4.69) is 26.4 Å². The largest absolute Gasteiger partial charge is 0.469 e. The van der Waals surface area contributed by atoms with Crippen LogP contribution in [0, 0.1) is 23.1 Å². The molecule has 2 heterocycles. The molecule has 10 heteroatoms. The van der Waals surface area contributed by atoms with Crippen LogP contribution >= 0.6 is 0 Å². The van der Waals surface area contributed by atoms with Gasteiger partial charge in [0.15, 0.2) is 5.96 Å². The number of nitrogens with two attached hydrogens (primary N) is 1. The molecule has 1 saturated heterocycles. The van der Waals surface area contributed by atoms with E-state index in [1.54, 1.807) is 19.2 Å². The Labute approximate surface area is 186 Å². The summed E-state index contributed by atoms with van der Waals surface area (Å²) in [5.41, 5.74) is 7.64. The van der Waals surface area contributed by atoms with E-state index in [-0.39, 0.29) is 23.5 Å². The molecule has 0 amide bonds. The molecule has 2 aromatic rings. The number of aryl methyl sites for hydroxylation is 1. The van der Waals surface area contributed by atoms with Crippen LogP contribution in [-0.2, 0) is 16.0 Å².